The number of carbonyl (C=O) groups excluding carboxylic acids is 2. The van der Waals surface area contributed by atoms with Gasteiger partial charge in [-0.25, -0.2) is 0 Å². The average Bonchev–Trinajstić information content (AvgIpc) is 2.17. The Bertz CT molecular complexity index is 239. The summed E-state index contributed by atoms with van der Waals surface area (Å²) in [7, 11) is 0. The molecule has 0 radical (unpaired) electrons. The van der Waals surface area contributed by atoms with Gasteiger partial charge in [0, 0.05) is 0 Å². The Kier molecular flexibility index (Phi) is 6.97. The Morgan fingerprint density at radius 1 is 1.19 bits per heavy atom. The minimum absolute atomic E-state index is 0.0219. The molecule has 0 saturated heterocycles. The Hall–Kier alpha value is -0.900. The van der Waals surface area contributed by atoms with Gasteiger partial charge in [0.15, 0.2) is 5.78 Å². The lowest BCUT2D eigenvalue weighted by Crippen LogP contribution is -2.51. The van der Waals surface area contributed by atoms with Crippen molar-refractivity contribution in [1.29, 1.82) is 0 Å². The van der Waals surface area contributed by atoms with Crippen molar-refractivity contribution in [2.24, 2.45) is 5.92 Å². The molecule has 0 aromatic heterocycles. The molecule has 4 heteroatoms. The van der Waals surface area contributed by atoms with E-state index in [0.29, 0.717) is 0 Å². The molecule has 2 atom stereocenters. The van der Waals surface area contributed by atoms with Gasteiger partial charge in [-0.1, -0.05) is 20.8 Å². The van der Waals surface area contributed by atoms with E-state index in [4.69, 9.17) is 0 Å². The van der Waals surface area contributed by atoms with Gasteiger partial charge < -0.3 is 10.6 Å². The van der Waals surface area contributed by atoms with Crippen molar-refractivity contribution in [2.75, 3.05) is 6.54 Å². The average molecular weight is 228 g/mol. The van der Waals surface area contributed by atoms with Crippen LogP contribution in [0.25, 0.3) is 0 Å². The summed E-state index contributed by atoms with van der Waals surface area (Å²) >= 11 is 0. The summed E-state index contributed by atoms with van der Waals surface area (Å²) in [4.78, 5) is 22.9. The van der Waals surface area contributed by atoms with Crippen molar-refractivity contribution in [2.45, 2.75) is 53.1 Å². The van der Waals surface area contributed by atoms with Crippen molar-refractivity contribution in [1.82, 2.24) is 10.6 Å². The highest BCUT2D eigenvalue weighted by molar-refractivity contribution is 5.89. The van der Waals surface area contributed by atoms with Gasteiger partial charge in [-0.3, -0.25) is 9.59 Å². The fourth-order valence-corrected chi connectivity index (χ4v) is 1.34. The quantitative estimate of drug-likeness (QED) is 0.686. The lowest BCUT2D eigenvalue weighted by Gasteiger charge is -2.23. The Morgan fingerprint density at radius 2 is 1.75 bits per heavy atom. The highest BCUT2D eigenvalue weighted by atomic mass is 16.2. The maximum Gasteiger partial charge on any atom is 0.237 e. The maximum absolute atomic E-state index is 11.9. The van der Waals surface area contributed by atoms with Crippen LogP contribution in [0.5, 0.6) is 0 Å². The number of nitrogens with one attached hydrogen (secondary N) is 2. The molecular formula is C12H24N2O2. The van der Waals surface area contributed by atoms with Crippen LogP contribution < -0.4 is 10.6 Å². The molecule has 4 nitrogen and oxygen atoms in total. The molecule has 0 saturated carbocycles. The lowest BCUT2D eigenvalue weighted by atomic mass is 10.0. The van der Waals surface area contributed by atoms with Crippen LogP contribution in [0.1, 0.15) is 41.0 Å². The Labute approximate surface area is 98.2 Å². The van der Waals surface area contributed by atoms with Crippen LogP contribution in [0, 0.1) is 5.92 Å². The fourth-order valence-electron chi connectivity index (χ4n) is 1.34. The Balaban J connectivity index is 4.32. The minimum atomic E-state index is -0.405. The second kappa shape index (κ2) is 7.39. The van der Waals surface area contributed by atoms with Crippen LogP contribution in [-0.4, -0.2) is 30.3 Å². The molecule has 1 amide bonds. The van der Waals surface area contributed by atoms with E-state index < -0.39 is 6.04 Å². The largest absolute Gasteiger partial charge is 0.345 e. The molecule has 2 N–H and O–H groups in total. The van der Waals surface area contributed by atoms with Gasteiger partial charge in [-0.2, -0.15) is 0 Å². The molecule has 0 spiro atoms. The van der Waals surface area contributed by atoms with E-state index in [1.165, 1.54) is 6.92 Å². The number of Topliss-reactive ketones (excluding diaryl/α,β-unsaturated/α-hetero) is 1. The normalized spacial score (nSPS) is 14.6. The topological polar surface area (TPSA) is 58.2 Å². The van der Waals surface area contributed by atoms with Gasteiger partial charge in [-0.05, 0) is 32.7 Å². The number of ketones is 1. The number of hydrogen-bond acceptors (Lipinski definition) is 3. The first-order valence-corrected chi connectivity index (χ1v) is 5.94. The number of amides is 1. The molecule has 0 fully saturated rings. The van der Waals surface area contributed by atoms with Gasteiger partial charge in [0.2, 0.25) is 5.91 Å². The molecule has 16 heavy (non-hydrogen) atoms. The van der Waals surface area contributed by atoms with Crippen LogP contribution in [0.2, 0.25) is 0 Å². The van der Waals surface area contributed by atoms with Crippen LogP contribution >= 0.6 is 0 Å². The highest BCUT2D eigenvalue weighted by Gasteiger charge is 2.23. The summed E-state index contributed by atoms with van der Waals surface area (Å²) in [5.74, 6) is 0.100. The van der Waals surface area contributed by atoms with E-state index in [1.54, 1.807) is 6.92 Å². The van der Waals surface area contributed by atoms with Crippen molar-refractivity contribution in [3.05, 3.63) is 0 Å². The van der Waals surface area contributed by atoms with E-state index >= 15 is 0 Å². The minimum Gasteiger partial charge on any atom is -0.345 e. The summed E-state index contributed by atoms with van der Waals surface area (Å²) in [6.45, 7) is 10.0. The Morgan fingerprint density at radius 3 is 2.12 bits per heavy atom. The first kappa shape index (κ1) is 15.1. The molecule has 94 valence electrons. The van der Waals surface area contributed by atoms with E-state index in [0.717, 1.165) is 13.0 Å². The smallest absolute Gasteiger partial charge is 0.237 e. The van der Waals surface area contributed by atoms with Gasteiger partial charge in [-0.15, -0.1) is 0 Å². The van der Waals surface area contributed by atoms with Crippen molar-refractivity contribution in [3.63, 3.8) is 0 Å². The predicted octanol–water partition coefficient (Wildman–Crippen LogP) is 1.10. The number of carbonyl (C=O) groups is 2. The number of hydrogen-bond donors (Lipinski definition) is 2. The summed E-state index contributed by atoms with van der Waals surface area (Å²) in [6, 6.07) is -0.626. The molecule has 0 aromatic rings. The highest BCUT2D eigenvalue weighted by Crippen LogP contribution is 2.02. The first-order valence-electron chi connectivity index (χ1n) is 5.94. The maximum atomic E-state index is 11.9. The molecule has 2 unspecified atom stereocenters. The van der Waals surface area contributed by atoms with Crippen LogP contribution in [-0.2, 0) is 9.59 Å². The fraction of sp³-hybridized carbons (Fsp3) is 0.833. The van der Waals surface area contributed by atoms with Crippen molar-refractivity contribution >= 4 is 11.7 Å². The third-order valence-electron chi connectivity index (χ3n) is 2.53. The van der Waals surface area contributed by atoms with Crippen LogP contribution in [0.4, 0.5) is 0 Å². The summed E-state index contributed by atoms with van der Waals surface area (Å²) in [5, 5.41) is 5.91. The third-order valence-corrected chi connectivity index (χ3v) is 2.53. The van der Waals surface area contributed by atoms with Crippen molar-refractivity contribution < 1.29 is 9.59 Å². The number of rotatable bonds is 7. The molecule has 0 aliphatic rings. The monoisotopic (exact) mass is 228 g/mol. The molecule has 0 aromatic carbocycles. The zero-order chi connectivity index (χ0) is 12.7. The molecule has 0 aliphatic carbocycles. The zero-order valence-electron chi connectivity index (χ0n) is 11.0. The zero-order valence-corrected chi connectivity index (χ0v) is 11.0. The SMILES string of the molecule is CCCNC(C(=O)NC(C)C(C)=O)C(C)C. The molecule has 0 heterocycles. The molecule has 0 aliphatic heterocycles. The summed E-state index contributed by atoms with van der Waals surface area (Å²) in [5.41, 5.74) is 0. The standard InChI is InChI=1S/C12H24N2O2/c1-6-7-13-11(8(2)3)12(16)14-9(4)10(5)15/h8-9,11,13H,6-7H2,1-5H3,(H,14,16). The van der Waals surface area contributed by atoms with Crippen LogP contribution in [0.15, 0.2) is 0 Å². The van der Waals surface area contributed by atoms with Crippen LogP contribution in [0.3, 0.4) is 0 Å². The molecule has 0 rings (SSSR count). The van der Waals surface area contributed by atoms with Gasteiger partial charge in [0.25, 0.3) is 0 Å². The van der Waals surface area contributed by atoms with E-state index in [2.05, 4.69) is 17.6 Å². The summed E-state index contributed by atoms with van der Waals surface area (Å²) in [6.07, 6.45) is 0.985. The van der Waals surface area contributed by atoms with Gasteiger partial charge in [0.1, 0.15) is 0 Å². The second-order valence-electron chi connectivity index (χ2n) is 4.52. The third kappa shape index (κ3) is 5.26. The molecular weight excluding hydrogens is 204 g/mol. The molecule has 0 bridgehead atoms. The van der Waals surface area contributed by atoms with E-state index in [-0.39, 0.29) is 23.7 Å². The van der Waals surface area contributed by atoms with E-state index in [1.807, 2.05) is 13.8 Å². The lowest BCUT2D eigenvalue weighted by molar-refractivity contribution is -0.128. The predicted molar refractivity (Wildman–Crippen MR) is 65.2 cm³/mol. The first-order chi connectivity index (χ1) is 7.40. The second-order valence-corrected chi connectivity index (χ2v) is 4.52. The van der Waals surface area contributed by atoms with Crippen molar-refractivity contribution in [3.8, 4) is 0 Å². The van der Waals surface area contributed by atoms with Gasteiger partial charge in [0.05, 0.1) is 12.1 Å². The summed E-state index contributed by atoms with van der Waals surface area (Å²) < 4.78 is 0. The van der Waals surface area contributed by atoms with Gasteiger partial charge >= 0.3 is 0 Å². The van der Waals surface area contributed by atoms with E-state index in [9.17, 15) is 9.59 Å².